The highest BCUT2D eigenvalue weighted by Crippen LogP contribution is 2.66. The van der Waals surface area contributed by atoms with Crippen molar-refractivity contribution in [2.24, 2.45) is 23.7 Å². The number of halogens is 2. The number of nitrogens with one attached hydrogen (secondary N) is 1. The van der Waals surface area contributed by atoms with Crippen molar-refractivity contribution in [3.63, 3.8) is 0 Å². The van der Waals surface area contributed by atoms with Gasteiger partial charge in [0.1, 0.15) is 0 Å². The molecule has 0 aromatic heterocycles. The lowest BCUT2D eigenvalue weighted by molar-refractivity contribution is -0.384. The lowest BCUT2D eigenvalue weighted by atomic mass is 10.0. The third kappa shape index (κ3) is 1.74. The van der Waals surface area contributed by atoms with Gasteiger partial charge in [0, 0.05) is 18.2 Å². The molecule has 4 unspecified atom stereocenters. The second kappa shape index (κ2) is 4.25. The topological polar surface area (TPSA) is 55.2 Å². The van der Waals surface area contributed by atoms with Crippen LogP contribution >= 0.6 is 23.2 Å². The van der Waals surface area contributed by atoms with E-state index in [1.807, 2.05) is 0 Å². The van der Waals surface area contributed by atoms with Gasteiger partial charge in [-0.15, -0.1) is 0 Å². The molecule has 3 fully saturated rings. The zero-order valence-electron chi connectivity index (χ0n) is 10.7. The van der Waals surface area contributed by atoms with Crippen molar-refractivity contribution < 1.29 is 4.92 Å². The average molecular weight is 313 g/mol. The fourth-order valence-corrected chi connectivity index (χ4v) is 5.07. The third-order valence-corrected chi connectivity index (χ3v) is 5.88. The molecule has 0 radical (unpaired) electrons. The number of benzene rings is 1. The van der Waals surface area contributed by atoms with Crippen LogP contribution in [0.1, 0.15) is 19.3 Å². The highest BCUT2D eigenvalue weighted by molar-refractivity contribution is 6.39. The number of hydrogen-bond donors (Lipinski definition) is 1. The van der Waals surface area contributed by atoms with Crippen LogP contribution in [0.3, 0.4) is 0 Å². The van der Waals surface area contributed by atoms with E-state index in [2.05, 4.69) is 5.32 Å². The minimum atomic E-state index is -0.479. The number of nitro benzene ring substituents is 1. The summed E-state index contributed by atoms with van der Waals surface area (Å²) in [6.07, 6.45) is 4.09. The maximum absolute atomic E-state index is 10.8. The van der Waals surface area contributed by atoms with E-state index < -0.39 is 4.92 Å². The maximum atomic E-state index is 10.8. The van der Waals surface area contributed by atoms with Crippen LogP contribution in [-0.2, 0) is 0 Å². The molecule has 20 heavy (non-hydrogen) atoms. The Morgan fingerprint density at radius 2 is 1.70 bits per heavy atom. The lowest BCUT2D eigenvalue weighted by Gasteiger charge is -2.14. The smallest absolute Gasteiger partial charge is 0.272 e. The molecule has 0 aliphatic heterocycles. The summed E-state index contributed by atoms with van der Waals surface area (Å²) in [5.74, 6) is 3.24. The number of non-ortho nitro benzene ring substituents is 1. The maximum Gasteiger partial charge on any atom is 0.272 e. The van der Waals surface area contributed by atoms with Gasteiger partial charge in [0.15, 0.2) is 0 Å². The van der Waals surface area contributed by atoms with Gasteiger partial charge in [0.2, 0.25) is 0 Å². The van der Waals surface area contributed by atoms with E-state index in [0.717, 1.165) is 23.7 Å². The number of nitro groups is 1. The Hall–Kier alpha value is -1.00. The molecule has 4 atom stereocenters. The second-order valence-electron chi connectivity index (χ2n) is 6.20. The molecule has 0 spiro atoms. The molecule has 0 amide bonds. The molecule has 1 aromatic carbocycles. The van der Waals surface area contributed by atoms with Crippen LogP contribution in [0.4, 0.5) is 11.4 Å². The molecule has 1 aromatic rings. The molecule has 3 saturated carbocycles. The quantitative estimate of drug-likeness (QED) is 0.666. The van der Waals surface area contributed by atoms with Gasteiger partial charge in [-0.05, 0) is 42.9 Å². The molecule has 3 aliphatic carbocycles. The van der Waals surface area contributed by atoms with E-state index in [9.17, 15) is 10.1 Å². The predicted molar refractivity (Wildman–Crippen MR) is 78.3 cm³/mol. The first-order valence-corrected chi connectivity index (χ1v) is 7.72. The van der Waals surface area contributed by atoms with Crippen LogP contribution in [0.5, 0.6) is 0 Å². The molecule has 106 valence electrons. The molecule has 0 heterocycles. The minimum Gasteiger partial charge on any atom is -0.379 e. The van der Waals surface area contributed by atoms with Crippen LogP contribution in [0, 0.1) is 33.8 Å². The Labute approximate surface area is 126 Å². The van der Waals surface area contributed by atoms with Crippen LogP contribution in [0.25, 0.3) is 0 Å². The molecule has 4 nitrogen and oxygen atoms in total. The predicted octanol–water partition coefficient (Wildman–Crippen LogP) is 4.36. The Kier molecular flexibility index (Phi) is 2.70. The van der Waals surface area contributed by atoms with Crippen molar-refractivity contribution in [3.8, 4) is 0 Å². The van der Waals surface area contributed by atoms with E-state index in [-0.39, 0.29) is 5.69 Å². The fraction of sp³-hybridized carbons (Fsp3) is 0.571. The first-order chi connectivity index (χ1) is 9.56. The van der Waals surface area contributed by atoms with Crippen molar-refractivity contribution >= 4 is 34.6 Å². The molecule has 1 N–H and O–H groups in total. The van der Waals surface area contributed by atoms with Gasteiger partial charge in [-0.25, -0.2) is 0 Å². The molecule has 4 rings (SSSR count). The highest BCUT2D eigenvalue weighted by Gasteiger charge is 2.65. The molecular formula is C14H14Cl2N2O2. The summed E-state index contributed by atoms with van der Waals surface area (Å²) in [7, 11) is 0. The van der Waals surface area contributed by atoms with Gasteiger partial charge < -0.3 is 5.32 Å². The molecule has 3 aliphatic rings. The summed E-state index contributed by atoms with van der Waals surface area (Å²) < 4.78 is 0. The fourth-order valence-electron chi connectivity index (χ4n) is 4.49. The summed E-state index contributed by atoms with van der Waals surface area (Å²) >= 11 is 12.3. The van der Waals surface area contributed by atoms with E-state index in [4.69, 9.17) is 23.2 Å². The first-order valence-electron chi connectivity index (χ1n) is 6.96. The van der Waals surface area contributed by atoms with Crippen LogP contribution in [-0.4, -0.2) is 11.0 Å². The van der Waals surface area contributed by atoms with E-state index >= 15 is 0 Å². The van der Waals surface area contributed by atoms with Crippen molar-refractivity contribution in [1.82, 2.24) is 0 Å². The van der Waals surface area contributed by atoms with Gasteiger partial charge in [-0.2, -0.15) is 0 Å². The standard InChI is InChI=1S/C14H14Cl2N2O2/c15-9-4-8(18(19)20)5-10(16)13(9)17-14-11-6-1-2-7(3-6)12(11)14/h4-7,11-12,14,17H,1-3H2. The zero-order valence-corrected chi connectivity index (χ0v) is 12.2. The zero-order chi connectivity index (χ0) is 14.0. The normalized spacial score (nSPS) is 36.8. The van der Waals surface area contributed by atoms with Crippen molar-refractivity contribution in [3.05, 3.63) is 32.3 Å². The van der Waals surface area contributed by atoms with Gasteiger partial charge in [0.05, 0.1) is 20.7 Å². The Balaban J connectivity index is 1.57. The van der Waals surface area contributed by atoms with Crippen molar-refractivity contribution in [1.29, 1.82) is 0 Å². The summed E-state index contributed by atoms with van der Waals surface area (Å²) in [5.41, 5.74) is 0.583. The van der Waals surface area contributed by atoms with Gasteiger partial charge in [-0.3, -0.25) is 10.1 Å². The summed E-state index contributed by atoms with van der Waals surface area (Å²) in [5, 5.41) is 14.9. The number of rotatable bonds is 3. The van der Waals surface area contributed by atoms with Crippen LogP contribution in [0.15, 0.2) is 12.1 Å². The van der Waals surface area contributed by atoms with Crippen molar-refractivity contribution in [2.45, 2.75) is 25.3 Å². The third-order valence-electron chi connectivity index (χ3n) is 5.28. The summed E-state index contributed by atoms with van der Waals surface area (Å²) in [6, 6.07) is 3.18. The van der Waals surface area contributed by atoms with E-state index in [1.54, 1.807) is 0 Å². The average Bonchev–Trinajstić information content (AvgIpc) is 2.79. The number of fused-ring (bicyclic) bond motifs is 5. The first kappa shape index (κ1) is 12.7. The largest absolute Gasteiger partial charge is 0.379 e. The number of nitrogens with zero attached hydrogens (tertiary/aromatic N) is 1. The molecule has 2 bridgehead atoms. The molecule has 0 saturated heterocycles. The van der Waals surface area contributed by atoms with E-state index in [1.165, 1.54) is 31.4 Å². The molecule has 6 heteroatoms. The van der Waals surface area contributed by atoms with Crippen molar-refractivity contribution in [2.75, 3.05) is 5.32 Å². The Bertz CT molecular complexity index is 568. The van der Waals surface area contributed by atoms with Crippen LogP contribution in [0.2, 0.25) is 10.0 Å². The van der Waals surface area contributed by atoms with Crippen LogP contribution < -0.4 is 5.32 Å². The minimum absolute atomic E-state index is 0.0680. The Morgan fingerprint density at radius 3 is 2.20 bits per heavy atom. The second-order valence-corrected chi connectivity index (χ2v) is 7.01. The van der Waals surface area contributed by atoms with Gasteiger partial charge in [-0.1, -0.05) is 23.2 Å². The Morgan fingerprint density at radius 1 is 1.15 bits per heavy atom. The molecular weight excluding hydrogens is 299 g/mol. The monoisotopic (exact) mass is 312 g/mol. The van der Waals surface area contributed by atoms with Gasteiger partial charge >= 0.3 is 0 Å². The number of hydrogen-bond acceptors (Lipinski definition) is 3. The SMILES string of the molecule is O=[N+]([O-])c1cc(Cl)c(NC2C3C4CCC(C4)C23)c(Cl)c1. The summed E-state index contributed by atoms with van der Waals surface area (Å²) in [4.78, 5) is 10.3. The lowest BCUT2D eigenvalue weighted by Crippen LogP contribution is -2.13. The van der Waals surface area contributed by atoms with Gasteiger partial charge in [0.25, 0.3) is 5.69 Å². The summed E-state index contributed by atoms with van der Waals surface area (Å²) in [6.45, 7) is 0. The highest BCUT2D eigenvalue weighted by atomic mass is 35.5. The number of anilines is 1. The van der Waals surface area contributed by atoms with E-state index in [0.29, 0.717) is 21.8 Å².